The minimum Gasteiger partial charge on any atom is -0.372 e. The van der Waals surface area contributed by atoms with Gasteiger partial charge in [0, 0.05) is 31.3 Å². The quantitative estimate of drug-likeness (QED) is 0.101. The van der Waals surface area contributed by atoms with Crippen molar-refractivity contribution in [2.75, 3.05) is 19.6 Å². The number of unbranched alkanes of at least 4 members (excludes halogenated alkanes) is 19. The molecule has 1 rings (SSSR count). The van der Waals surface area contributed by atoms with Crippen LogP contribution in [0.1, 0.15) is 168 Å². The summed E-state index contributed by atoms with van der Waals surface area (Å²) in [6, 6.07) is 0. The fourth-order valence-corrected chi connectivity index (χ4v) is 5.80. The summed E-state index contributed by atoms with van der Waals surface area (Å²) in [4.78, 5) is 17.7. The van der Waals surface area contributed by atoms with Gasteiger partial charge in [-0.2, -0.15) is 0 Å². The maximum Gasteiger partial charge on any atom is 0.137 e. The Morgan fingerprint density at radius 3 is 1.62 bits per heavy atom. The van der Waals surface area contributed by atoms with E-state index in [4.69, 9.17) is 10.7 Å². The van der Waals surface area contributed by atoms with Crippen molar-refractivity contribution in [1.29, 1.82) is 0 Å². The van der Waals surface area contributed by atoms with Crippen LogP contribution in [0.4, 0.5) is 0 Å². The lowest BCUT2D eigenvalue weighted by Gasteiger charge is -2.22. The van der Waals surface area contributed by atoms with E-state index in [1.807, 2.05) is 0 Å². The highest BCUT2D eigenvalue weighted by atomic mass is 16.1. The molecule has 0 amide bonds. The molecule has 0 fully saturated rings. The van der Waals surface area contributed by atoms with E-state index in [1.165, 1.54) is 128 Å². The second-order valence-corrected chi connectivity index (χ2v) is 11.8. The highest BCUT2D eigenvalue weighted by molar-refractivity contribution is 5.87. The summed E-state index contributed by atoms with van der Waals surface area (Å²) >= 11 is 0. The maximum absolute atomic E-state index is 13.0. The molecular formula is C33H65N3O. The topological polar surface area (TPSA) is 67.5 Å². The number of nitrogens with one attached hydrogen (secondary N) is 1. The van der Waals surface area contributed by atoms with E-state index in [0.717, 1.165) is 38.2 Å². The number of aliphatic imine (C=N–C) groups is 1. The standard InChI is InChI=1S/C33H65N3O/c1-3-5-7-9-11-13-15-17-19-21-23-25-32(37)31(29-34)28-30(33-35-26-27-36-33)24-22-20-18-16-14-12-10-8-6-4-2/h30-31H,3-29,34H2,1-2H3,(H,35,36). The van der Waals surface area contributed by atoms with Gasteiger partial charge in [-0.1, -0.05) is 142 Å². The average molecular weight is 520 g/mol. The Morgan fingerprint density at radius 1 is 0.730 bits per heavy atom. The molecule has 0 bridgehead atoms. The van der Waals surface area contributed by atoms with E-state index in [9.17, 15) is 4.79 Å². The average Bonchev–Trinajstić information content (AvgIpc) is 3.45. The van der Waals surface area contributed by atoms with Crippen molar-refractivity contribution in [3.05, 3.63) is 0 Å². The minimum atomic E-state index is 0.00124. The van der Waals surface area contributed by atoms with Crippen molar-refractivity contribution >= 4 is 11.6 Å². The van der Waals surface area contributed by atoms with E-state index in [0.29, 0.717) is 24.7 Å². The Hall–Kier alpha value is -0.900. The molecule has 3 N–H and O–H groups in total. The van der Waals surface area contributed by atoms with Gasteiger partial charge in [0.05, 0.1) is 12.4 Å². The van der Waals surface area contributed by atoms with Gasteiger partial charge in [-0.15, -0.1) is 0 Å². The van der Waals surface area contributed by atoms with Crippen LogP contribution in [-0.2, 0) is 4.79 Å². The number of hydrogen-bond acceptors (Lipinski definition) is 4. The van der Waals surface area contributed by atoms with Crippen molar-refractivity contribution in [2.24, 2.45) is 22.6 Å². The van der Waals surface area contributed by atoms with Gasteiger partial charge in [-0.25, -0.2) is 0 Å². The molecular weight excluding hydrogens is 454 g/mol. The summed E-state index contributed by atoms with van der Waals surface area (Å²) in [7, 11) is 0. The maximum atomic E-state index is 13.0. The highest BCUT2D eigenvalue weighted by Gasteiger charge is 2.25. The van der Waals surface area contributed by atoms with Crippen LogP contribution in [0.25, 0.3) is 0 Å². The molecule has 4 nitrogen and oxygen atoms in total. The van der Waals surface area contributed by atoms with Crippen molar-refractivity contribution < 1.29 is 4.79 Å². The van der Waals surface area contributed by atoms with Gasteiger partial charge in [-0.3, -0.25) is 9.79 Å². The molecule has 0 saturated carbocycles. The van der Waals surface area contributed by atoms with Crippen molar-refractivity contribution in [3.8, 4) is 0 Å². The SMILES string of the molecule is CCCCCCCCCCCCCC(=O)C(CN)CC(CCCCCCCCCCCC)C1=NCCN1. The van der Waals surface area contributed by atoms with Crippen LogP contribution in [0.2, 0.25) is 0 Å². The van der Waals surface area contributed by atoms with Gasteiger partial charge >= 0.3 is 0 Å². The molecule has 1 heterocycles. The normalized spacial score (nSPS) is 14.9. The summed E-state index contributed by atoms with van der Waals surface area (Å²) in [6.07, 6.45) is 30.9. The number of amidine groups is 1. The predicted octanol–water partition coefficient (Wildman–Crippen LogP) is 9.15. The van der Waals surface area contributed by atoms with Crippen molar-refractivity contribution in [2.45, 2.75) is 168 Å². The minimum absolute atomic E-state index is 0.00124. The van der Waals surface area contributed by atoms with Crippen LogP contribution in [0.5, 0.6) is 0 Å². The van der Waals surface area contributed by atoms with Gasteiger partial charge in [0.25, 0.3) is 0 Å². The fourth-order valence-electron chi connectivity index (χ4n) is 5.80. The molecule has 4 heteroatoms. The summed E-state index contributed by atoms with van der Waals surface area (Å²) < 4.78 is 0. The van der Waals surface area contributed by atoms with E-state index in [1.54, 1.807) is 0 Å². The van der Waals surface area contributed by atoms with Crippen LogP contribution < -0.4 is 11.1 Å². The van der Waals surface area contributed by atoms with Gasteiger partial charge in [0.15, 0.2) is 0 Å². The number of nitrogens with two attached hydrogens (primary N) is 1. The predicted molar refractivity (Wildman–Crippen MR) is 164 cm³/mol. The third-order valence-electron chi connectivity index (χ3n) is 8.33. The Bertz CT molecular complexity index is 548. The van der Waals surface area contributed by atoms with Crippen molar-refractivity contribution in [3.63, 3.8) is 0 Å². The molecule has 0 radical (unpaired) electrons. The third kappa shape index (κ3) is 18.9. The number of nitrogens with zero attached hydrogens (tertiary/aromatic N) is 1. The number of Topliss-reactive ketones (excluding diaryl/α,β-unsaturated/α-hetero) is 1. The Balaban J connectivity index is 2.20. The van der Waals surface area contributed by atoms with E-state index in [-0.39, 0.29) is 5.92 Å². The van der Waals surface area contributed by atoms with Crippen LogP contribution in [-0.4, -0.2) is 31.3 Å². The van der Waals surface area contributed by atoms with E-state index < -0.39 is 0 Å². The number of carbonyl (C=O) groups is 1. The number of carbonyl (C=O) groups excluding carboxylic acids is 1. The molecule has 0 spiro atoms. The lowest BCUT2D eigenvalue weighted by molar-refractivity contribution is -0.123. The molecule has 0 aliphatic carbocycles. The lowest BCUT2D eigenvalue weighted by Crippen LogP contribution is -2.33. The molecule has 2 atom stereocenters. The molecule has 1 aliphatic heterocycles. The molecule has 218 valence electrons. The smallest absolute Gasteiger partial charge is 0.137 e. The number of rotatable bonds is 28. The Kier molecular flexibility index (Phi) is 23.4. The Labute approximate surface area is 231 Å². The van der Waals surface area contributed by atoms with E-state index >= 15 is 0 Å². The molecule has 0 aromatic carbocycles. The highest BCUT2D eigenvalue weighted by Crippen LogP contribution is 2.24. The number of hydrogen-bond donors (Lipinski definition) is 2. The van der Waals surface area contributed by atoms with Crippen LogP contribution in [0.3, 0.4) is 0 Å². The van der Waals surface area contributed by atoms with Crippen LogP contribution in [0.15, 0.2) is 4.99 Å². The zero-order valence-electron chi connectivity index (χ0n) is 25.2. The van der Waals surface area contributed by atoms with Gasteiger partial charge < -0.3 is 11.1 Å². The lowest BCUT2D eigenvalue weighted by atomic mass is 9.85. The largest absolute Gasteiger partial charge is 0.372 e. The molecule has 0 aromatic heterocycles. The number of ketones is 1. The van der Waals surface area contributed by atoms with Gasteiger partial charge in [0.2, 0.25) is 0 Å². The van der Waals surface area contributed by atoms with Crippen LogP contribution >= 0.6 is 0 Å². The monoisotopic (exact) mass is 520 g/mol. The molecule has 37 heavy (non-hydrogen) atoms. The summed E-state index contributed by atoms with van der Waals surface area (Å²) in [5, 5.41) is 3.50. The zero-order chi connectivity index (χ0) is 26.8. The second kappa shape index (κ2) is 25.4. The van der Waals surface area contributed by atoms with Crippen molar-refractivity contribution in [1.82, 2.24) is 5.32 Å². The summed E-state index contributed by atoms with van der Waals surface area (Å²) in [6.45, 7) is 6.87. The second-order valence-electron chi connectivity index (χ2n) is 11.8. The van der Waals surface area contributed by atoms with Gasteiger partial charge in [-0.05, 0) is 19.3 Å². The first-order chi connectivity index (χ1) is 18.2. The zero-order valence-corrected chi connectivity index (χ0v) is 25.2. The third-order valence-corrected chi connectivity index (χ3v) is 8.33. The molecule has 0 aromatic rings. The molecule has 0 saturated heterocycles. The van der Waals surface area contributed by atoms with Crippen LogP contribution in [0, 0.1) is 11.8 Å². The first kappa shape index (κ1) is 34.1. The first-order valence-electron chi connectivity index (χ1n) is 16.7. The Morgan fingerprint density at radius 2 is 1.19 bits per heavy atom. The van der Waals surface area contributed by atoms with E-state index in [2.05, 4.69) is 19.2 Å². The molecule has 1 aliphatic rings. The fraction of sp³-hybridized carbons (Fsp3) is 0.939. The first-order valence-corrected chi connectivity index (χ1v) is 16.7. The molecule has 2 unspecified atom stereocenters. The summed E-state index contributed by atoms with van der Waals surface area (Å²) in [5.74, 6) is 1.93. The summed E-state index contributed by atoms with van der Waals surface area (Å²) in [5.41, 5.74) is 6.12. The van der Waals surface area contributed by atoms with Gasteiger partial charge in [0.1, 0.15) is 5.78 Å².